The number of aromatic nitrogens is 2. The van der Waals surface area contributed by atoms with Crippen molar-refractivity contribution in [2.75, 3.05) is 13.1 Å². The van der Waals surface area contributed by atoms with Crippen LogP contribution in [-0.2, 0) is 17.5 Å². The van der Waals surface area contributed by atoms with Crippen molar-refractivity contribution < 1.29 is 31.5 Å². The molecule has 170 valence electrons. The number of halogens is 5. The van der Waals surface area contributed by atoms with Gasteiger partial charge in [0.05, 0.1) is 42.5 Å². The lowest BCUT2D eigenvalue weighted by Crippen LogP contribution is -2.43. The number of likely N-dealkylation sites (tertiary alicyclic amines) is 1. The van der Waals surface area contributed by atoms with Gasteiger partial charge in [-0.1, -0.05) is 12.1 Å². The number of aryl methyl sites for hydroxylation is 1. The fourth-order valence-electron chi connectivity index (χ4n) is 3.35. The van der Waals surface area contributed by atoms with E-state index < -0.39 is 55.0 Å². The molecule has 0 saturated carbocycles. The van der Waals surface area contributed by atoms with Crippen molar-refractivity contribution in [3.63, 3.8) is 0 Å². The molecule has 1 N–H and O–H groups in total. The van der Waals surface area contributed by atoms with E-state index in [1.54, 1.807) is 6.07 Å². The van der Waals surface area contributed by atoms with Crippen molar-refractivity contribution in [3.8, 4) is 6.07 Å². The maximum absolute atomic E-state index is 13.5. The molecular weight excluding hydrogens is 437 g/mol. The number of carbonyl (C=O) groups is 2. The Labute approximate surface area is 179 Å². The normalized spacial score (nSPS) is 17.8. The zero-order valence-corrected chi connectivity index (χ0v) is 16.8. The number of nitrogens with one attached hydrogen (secondary N) is 1. The molecule has 2 amide bonds. The Morgan fingerprint density at radius 3 is 2.53 bits per heavy atom. The van der Waals surface area contributed by atoms with E-state index in [2.05, 4.69) is 10.4 Å². The van der Waals surface area contributed by atoms with Crippen LogP contribution in [0.5, 0.6) is 0 Å². The Hall–Kier alpha value is -3.49. The number of nitriles is 1. The molecule has 2 heterocycles. The number of hydrogen-bond acceptors (Lipinski definition) is 4. The highest BCUT2D eigenvalue weighted by molar-refractivity contribution is 5.97. The second-order valence-corrected chi connectivity index (χ2v) is 7.43. The van der Waals surface area contributed by atoms with Gasteiger partial charge in [0.15, 0.2) is 0 Å². The summed E-state index contributed by atoms with van der Waals surface area (Å²) in [7, 11) is 0. The first kappa shape index (κ1) is 23.2. The van der Waals surface area contributed by atoms with Crippen LogP contribution in [0.3, 0.4) is 0 Å². The Balaban J connectivity index is 1.61. The van der Waals surface area contributed by atoms with Crippen LogP contribution >= 0.6 is 0 Å². The van der Waals surface area contributed by atoms with Crippen LogP contribution in [0.4, 0.5) is 22.0 Å². The van der Waals surface area contributed by atoms with Crippen LogP contribution in [-0.4, -0.2) is 51.5 Å². The van der Waals surface area contributed by atoms with Gasteiger partial charge in [0.2, 0.25) is 5.91 Å². The van der Waals surface area contributed by atoms with Gasteiger partial charge in [0.25, 0.3) is 11.8 Å². The molecule has 1 aliphatic rings. The van der Waals surface area contributed by atoms with E-state index in [-0.39, 0.29) is 12.1 Å². The summed E-state index contributed by atoms with van der Waals surface area (Å²) in [5, 5.41) is 15.4. The van der Waals surface area contributed by atoms with Gasteiger partial charge in [-0.25, -0.2) is 8.78 Å². The van der Waals surface area contributed by atoms with Gasteiger partial charge >= 0.3 is 6.18 Å². The summed E-state index contributed by atoms with van der Waals surface area (Å²) in [4.78, 5) is 25.3. The number of carbonyl (C=O) groups excluding carboxylic acids is 2. The molecule has 3 rings (SSSR count). The highest BCUT2D eigenvalue weighted by atomic mass is 19.4. The molecule has 12 heteroatoms. The summed E-state index contributed by atoms with van der Waals surface area (Å²) in [5.41, 5.74) is 0.176. The molecular formula is C20H18F5N5O2. The highest BCUT2D eigenvalue weighted by Crippen LogP contribution is 2.31. The molecule has 32 heavy (non-hydrogen) atoms. The lowest BCUT2D eigenvalue weighted by molar-refractivity contribution is -0.137. The molecule has 1 aromatic heterocycles. The van der Waals surface area contributed by atoms with Crippen molar-refractivity contribution in [3.05, 3.63) is 52.8 Å². The number of alkyl halides is 5. The van der Waals surface area contributed by atoms with Crippen LogP contribution in [0, 0.1) is 18.3 Å². The number of amides is 2. The maximum atomic E-state index is 13.5. The van der Waals surface area contributed by atoms with Crippen molar-refractivity contribution >= 4 is 11.8 Å². The average Bonchev–Trinajstić information content (AvgIpc) is 3.24. The van der Waals surface area contributed by atoms with Gasteiger partial charge in [-0.2, -0.15) is 23.5 Å². The van der Waals surface area contributed by atoms with Crippen molar-refractivity contribution in [2.45, 2.75) is 38.0 Å². The molecule has 0 unspecified atom stereocenters. The lowest BCUT2D eigenvalue weighted by Gasteiger charge is -2.19. The summed E-state index contributed by atoms with van der Waals surface area (Å²) in [6.45, 7) is 0.186. The molecule has 1 aromatic carbocycles. The molecule has 0 aliphatic carbocycles. The van der Waals surface area contributed by atoms with Gasteiger partial charge in [-0.05, 0) is 24.6 Å². The van der Waals surface area contributed by atoms with E-state index in [9.17, 15) is 31.5 Å². The van der Waals surface area contributed by atoms with E-state index in [1.807, 2.05) is 0 Å². The Bertz CT molecular complexity index is 1060. The number of hydrogen-bond donors (Lipinski definition) is 1. The van der Waals surface area contributed by atoms with Crippen LogP contribution in [0.1, 0.15) is 33.6 Å². The summed E-state index contributed by atoms with van der Waals surface area (Å²) in [6.07, 6.45) is -3.82. The van der Waals surface area contributed by atoms with E-state index in [4.69, 9.17) is 5.26 Å². The Morgan fingerprint density at radius 2 is 1.94 bits per heavy atom. The second-order valence-electron chi connectivity index (χ2n) is 7.43. The first-order valence-corrected chi connectivity index (χ1v) is 9.45. The largest absolute Gasteiger partial charge is 0.416 e. The monoisotopic (exact) mass is 455 g/mol. The van der Waals surface area contributed by atoms with Gasteiger partial charge in [-0.15, -0.1) is 0 Å². The standard InChI is InChI=1S/C20H18F5N5O2/c1-12-16(10-29(28-12)9-13-2-4-14(5-3-13)20(23,24)25)18(32)27-8-17(31)30-11-19(21,22)6-15(30)7-26/h2-5,10,15H,6,8-9,11H2,1H3,(H,27,32)/t15-/m0/s1. The zero-order chi connectivity index (χ0) is 23.7. The second kappa shape index (κ2) is 8.57. The van der Waals surface area contributed by atoms with E-state index in [0.717, 1.165) is 17.0 Å². The molecule has 0 spiro atoms. The van der Waals surface area contributed by atoms with E-state index >= 15 is 0 Å². The average molecular weight is 455 g/mol. The molecule has 0 bridgehead atoms. The summed E-state index contributed by atoms with van der Waals surface area (Å²) < 4.78 is 66.3. The minimum absolute atomic E-state index is 0.109. The topological polar surface area (TPSA) is 91.0 Å². The Morgan fingerprint density at radius 1 is 1.28 bits per heavy atom. The lowest BCUT2D eigenvalue weighted by atomic mass is 10.1. The first-order valence-electron chi connectivity index (χ1n) is 9.45. The van der Waals surface area contributed by atoms with Crippen molar-refractivity contribution in [1.82, 2.24) is 20.0 Å². The van der Waals surface area contributed by atoms with E-state index in [1.165, 1.54) is 29.9 Å². The molecule has 1 aliphatic heterocycles. The summed E-state index contributed by atoms with van der Waals surface area (Å²) in [6, 6.07) is 4.89. The quantitative estimate of drug-likeness (QED) is 0.702. The van der Waals surface area contributed by atoms with Gasteiger partial charge in [0.1, 0.15) is 6.04 Å². The third-order valence-corrected chi connectivity index (χ3v) is 4.96. The fourth-order valence-corrected chi connectivity index (χ4v) is 3.35. The predicted octanol–water partition coefficient (Wildman–Crippen LogP) is 2.75. The number of nitrogens with zero attached hydrogens (tertiary/aromatic N) is 4. The molecule has 0 radical (unpaired) electrons. The summed E-state index contributed by atoms with van der Waals surface area (Å²) >= 11 is 0. The van der Waals surface area contributed by atoms with Gasteiger partial charge < -0.3 is 10.2 Å². The smallest absolute Gasteiger partial charge is 0.343 e. The minimum atomic E-state index is -4.44. The third kappa shape index (κ3) is 5.22. The number of benzene rings is 1. The molecule has 1 atom stereocenters. The SMILES string of the molecule is Cc1nn(Cc2ccc(C(F)(F)F)cc2)cc1C(=O)NCC(=O)N1CC(F)(F)C[C@H]1C#N. The van der Waals surface area contributed by atoms with Crippen molar-refractivity contribution in [2.24, 2.45) is 0 Å². The predicted molar refractivity (Wildman–Crippen MR) is 101 cm³/mol. The fraction of sp³-hybridized carbons (Fsp3) is 0.400. The van der Waals surface area contributed by atoms with Crippen LogP contribution < -0.4 is 5.32 Å². The van der Waals surface area contributed by atoms with Crippen LogP contribution in [0.2, 0.25) is 0 Å². The highest BCUT2D eigenvalue weighted by Gasteiger charge is 2.47. The van der Waals surface area contributed by atoms with Gasteiger partial charge in [-0.3, -0.25) is 14.3 Å². The zero-order valence-electron chi connectivity index (χ0n) is 16.8. The molecule has 7 nitrogen and oxygen atoms in total. The van der Waals surface area contributed by atoms with E-state index in [0.29, 0.717) is 11.3 Å². The molecule has 1 fully saturated rings. The third-order valence-electron chi connectivity index (χ3n) is 4.96. The first-order chi connectivity index (χ1) is 14.9. The maximum Gasteiger partial charge on any atom is 0.416 e. The molecule has 1 saturated heterocycles. The Kier molecular flexibility index (Phi) is 6.20. The molecule has 2 aromatic rings. The van der Waals surface area contributed by atoms with Crippen LogP contribution in [0.25, 0.3) is 0 Å². The van der Waals surface area contributed by atoms with Crippen molar-refractivity contribution in [1.29, 1.82) is 5.26 Å². The number of rotatable bonds is 5. The van der Waals surface area contributed by atoms with Gasteiger partial charge in [0, 0.05) is 12.6 Å². The summed E-state index contributed by atoms with van der Waals surface area (Å²) in [5.74, 6) is -4.64. The van der Waals surface area contributed by atoms with Crippen LogP contribution in [0.15, 0.2) is 30.5 Å². The minimum Gasteiger partial charge on any atom is -0.343 e.